The molecular weight excluding hydrogens is 358 g/mol. The summed E-state index contributed by atoms with van der Waals surface area (Å²) < 4.78 is 26.9. The van der Waals surface area contributed by atoms with Crippen LogP contribution < -0.4 is 5.32 Å². The summed E-state index contributed by atoms with van der Waals surface area (Å²) in [4.78, 5) is 12.6. The molecule has 0 aromatic carbocycles. The monoisotopic (exact) mass is 381 g/mol. The zero-order chi connectivity index (χ0) is 17.9. The van der Waals surface area contributed by atoms with Gasteiger partial charge in [-0.25, -0.2) is 8.42 Å². The lowest BCUT2D eigenvalue weighted by Crippen LogP contribution is -2.52. The summed E-state index contributed by atoms with van der Waals surface area (Å²) >= 11 is 1.21. The molecule has 1 saturated heterocycles. The first-order chi connectivity index (χ1) is 12.0. The van der Waals surface area contributed by atoms with Crippen molar-refractivity contribution in [1.29, 1.82) is 5.26 Å². The molecule has 2 heterocycles. The molecule has 2 fully saturated rings. The van der Waals surface area contributed by atoms with Gasteiger partial charge < -0.3 is 5.32 Å². The van der Waals surface area contributed by atoms with Crippen LogP contribution in [0.25, 0.3) is 0 Å². The van der Waals surface area contributed by atoms with Crippen LogP contribution in [0.3, 0.4) is 0 Å². The van der Waals surface area contributed by atoms with Crippen LogP contribution >= 0.6 is 11.3 Å². The Hall–Kier alpha value is -1.43. The maximum atomic E-state index is 12.6. The molecule has 1 aliphatic carbocycles. The van der Waals surface area contributed by atoms with Gasteiger partial charge in [0, 0.05) is 19.0 Å². The lowest BCUT2D eigenvalue weighted by Gasteiger charge is -2.35. The fourth-order valence-corrected chi connectivity index (χ4v) is 6.27. The Bertz CT molecular complexity index is 739. The predicted molar refractivity (Wildman–Crippen MR) is 95.4 cm³/mol. The van der Waals surface area contributed by atoms with Gasteiger partial charge in [-0.2, -0.15) is 9.57 Å². The summed E-state index contributed by atoms with van der Waals surface area (Å²) in [5.41, 5.74) is -0.727. The van der Waals surface area contributed by atoms with Crippen molar-refractivity contribution in [3.05, 3.63) is 17.5 Å². The van der Waals surface area contributed by atoms with Crippen molar-refractivity contribution in [3.63, 3.8) is 0 Å². The fraction of sp³-hybridized carbons (Fsp3) is 0.647. The normalized spacial score (nSPS) is 22.2. The van der Waals surface area contributed by atoms with E-state index in [0.29, 0.717) is 43.0 Å². The molecular formula is C17H23N3O3S2. The minimum absolute atomic E-state index is 0.100. The molecule has 1 aromatic rings. The van der Waals surface area contributed by atoms with Crippen molar-refractivity contribution in [1.82, 2.24) is 9.62 Å². The van der Waals surface area contributed by atoms with Gasteiger partial charge in [0.25, 0.3) is 10.0 Å². The molecule has 1 N–H and O–H groups in total. The first kappa shape index (κ1) is 18.4. The Morgan fingerprint density at radius 3 is 2.52 bits per heavy atom. The first-order valence-electron chi connectivity index (χ1n) is 8.74. The lowest BCUT2D eigenvalue weighted by atomic mass is 9.82. The van der Waals surface area contributed by atoms with E-state index in [4.69, 9.17) is 0 Å². The number of nitrogens with zero attached hydrogens (tertiary/aromatic N) is 2. The number of hydrogen-bond acceptors (Lipinski definition) is 5. The van der Waals surface area contributed by atoms with E-state index in [1.54, 1.807) is 17.5 Å². The zero-order valence-corrected chi connectivity index (χ0v) is 15.7. The van der Waals surface area contributed by atoms with Gasteiger partial charge in [0.1, 0.15) is 9.75 Å². The molecule has 6 nitrogen and oxygen atoms in total. The van der Waals surface area contributed by atoms with Gasteiger partial charge in [-0.3, -0.25) is 4.79 Å². The number of nitriles is 1. The van der Waals surface area contributed by atoms with Crippen LogP contribution in [-0.4, -0.2) is 37.3 Å². The molecule has 2 aliphatic rings. The van der Waals surface area contributed by atoms with Crippen molar-refractivity contribution >= 4 is 27.3 Å². The van der Waals surface area contributed by atoms with Crippen LogP contribution in [0, 0.1) is 17.2 Å². The van der Waals surface area contributed by atoms with Crippen molar-refractivity contribution in [2.45, 2.75) is 54.7 Å². The van der Waals surface area contributed by atoms with Gasteiger partial charge in [-0.1, -0.05) is 25.3 Å². The van der Waals surface area contributed by atoms with Gasteiger partial charge in [0.2, 0.25) is 5.91 Å². The zero-order valence-electron chi connectivity index (χ0n) is 14.1. The van der Waals surface area contributed by atoms with E-state index in [1.807, 2.05) is 0 Å². The van der Waals surface area contributed by atoms with Gasteiger partial charge in [0.15, 0.2) is 0 Å². The number of piperidine rings is 1. The molecule has 8 heteroatoms. The molecule has 0 radical (unpaired) electrons. The minimum Gasteiger partial charge on any atom is -0.338 e. The Balaban J connectivity index is 1.59. The van der Waals surface area contributed by atoms with Crippen LogP contribution in [-0.2, 0) is 14.8 Å². The van der Waals surface area contributed by atoms with E-state index in [2.05, 4.69) is 11.4 Å². The molecule has 0 bridgehead atoms. The summed E-state index contributed by atoms with van der Waals surface area (Å²) in [6, 6.07) is 5.64. The molecule has 0 spiro atoms. The number of carbonyl (C=O) groups is 1. The fourth-order valence-electron chi connectivity index (χ4n) is 3.65. The highest BCUT2D eigenvalue weighted by atomic mass is 32.2. The molecule has 136 valence electrons. The van der Waals surface area contributed by atoms with E-state index in [1.165, 1.54) is 15.6 Å². The summed E-state index contributed by atoms with van der Waals surface area (Å²) in [5.74, 6) is -0.321. The van der Waals surface area contributed by atoms with E-state index in [9.17, 15) is 18.5 Å². The van der Waals surface area contributed by atoms with E-state index >= 15 is 0 Å². The molecule has 1 saturated carbocycles. The molecule has 3 rings (SSSR count). The second-order valence-electron chi connectivity index (χ2n) is 6.85. The highest BCUT2D eigenvalue weighted by Gasteiger charge is 2.38. The van der Waals surface area contributed by atoms with Gasteiger partial charge in [-0.15, -0.1) is 11.3 Å². The number of sulfonamides is 1. The summed E-state index contributed by atoms with van der Waals surface area (Å²) in [7, 11) is -3.44. The Morgan fingerprint density at radius 2 is 1.96 bits per heavy atom. The maximum Gasteiger partial charge on any atom is 0.252 e. The van der Waals surface area contributed by atoms with Crippen LogP contribution in [0.1, 0.15) is 44.9 Å². The SMILES string of the molecule is N#CC1(NC(=O)C2CCN(S(=O)(=O)c3cccs3)CC2)CCCCC1. The minimum atomic E-state index is -3.44. The molecule has 0 atom stereocenters. The van der Waals surface area contributed by atoms with Crippen LogP contribution in [0.5, 0.6) is 0 Å². The third-order valence-electron chi connectivity index (χ3n) is 5.20. The van der Waals surface area contributed by atoms with Crippen LogP contribution in [0.2, 0.25) is 0 Å². The number of nitrogens with one attached hydrogen (secondary N) is 1. The van der Waals surface area contributed by atoms with Gasteiger partial charge >= 0.3 is 0 Å². The number of rotatable bonds is 4. The van der Waals surface area contributed by atoms with Crippen molar-refractivity contribution < 1.29 is 13.2 Å². The second kappa shape index (κ2) is 7.44. The van der Waals surface area contributed by atoms with Crippen molar-refractivity contribution in [2.75, 3.05) is 13.1 Å². The van der Waals surface area contributed by atoms with Crippen LogP contribution in [0.15, 0.2) is 21.7 Å². The number of amides is 1. The quantitative estimate of drug-likeness (QED) is 0.867. The Labute approximate surface area is 152 Å². The summed E-state index contributed by atoms with van der Waals surface area (Å²) in [5, 5.41) is 14.2. The molecule has 1 amide bonds. The van der Waals surface area contributed by atoms with E-state index in [-0.39, 0.29) is 11.8 Å². The molecule has 0 unspecified atom stereocenters. The van der Waals surface area contributed by atoms with Crippen molar-refractivity contribution in [2.24, 2.45) is 5.92 Å². The standard InChI is InChI=1S/C17H23N3O3S2/c18-13-17(8-2-1-3-9-17)19-16(21)14-6-10-20(11-7-14)25(22,23)15-5-4-12-24-15/h4-5,12,14H,1-3,6-11H2,(H,19,21). The second-order valence-corrected chi connectivity index (χ2v) is 9.97. The number of carbonyl (C=O) groups excluding carboxylic acids is 1. The number of thiophene rings is 1. The molecule has 1 aliphatic heterocycles. The maximum absolute atomic E-state index is 12.6. The topological polar surface area (TPSA) is 90.3 Å². The van der Waals surface area contributed by atoms with E-state index in [0.717, 1.165) is 19.3 Å². The average molecular weight is 382 g/mol. The highest BCUT2D eigenvalue weighted by Crippen LogP contribution is 2.30. The lowest BCUT2D eigenvalue weighted by molar-refractivity contribution is -0.127. The highest BCUT2D eigenvalue weighted by molar-refractivity contribution is 7.91. The third kappa shape index (κ3) is 3.89. The van der Waals surface area contributed by atoms with E-state index < -0.39 is 15.6 Å². The van der Waals surface area contributed by atoms with Crippen molar-refractivity contribution in [3.8, 4) is 6.07 Å². The summed E-state index contributed by atoms with van der Waals surface area (Å²) in [6.45, 7) is 0.690. The molecule has 25 heavy (non-hydrogen) atoms. The number of hydrogen-bond donors (Lipinski definition) is 1. The van der Waals surface area contributed by atoms with Crippen LogP contribution in [0.4, 0.5) is 0 Å². The average Bonchev–Trinajstić information content (AvgIpc) is 3.18. The molecule has 1 aromatic heterocycles. The summed E-state index contributed by atoms with van der Waals surface area (Å²) in [6.07, 6.45) is 5.45. The predicted octanol–water partition coefficient (Wildman–Crippen LogP) is 2.49. The van der Waals surface area contributed by atoms with Gasteiger partial charge in [-0.05, 0) is 37.1 Å². The van der Waals surface area contributed by atoms with Gasteiger partial charge in [0.05, 0.1) is 6.07 Å². The largest absolute Gasteiger partial charge is 0.338 e. The Kier molecular flexibility index (Phi) is 5.46. The first-order valence-corrected chi connectivity index (χ1v) is 11.1. The third-order valence-corrected chi connectivity index (χ3v) is 8.47. The Morgan fingerprint density at radius 1 is 1.28 bits per heavy atom. The smallest absolute Gasteiger partial charge is 0.252 e.